The number of nitrogens with zero attached hydrogens (tertiary/aromatic N) is 2. The smallest absolute Gasteiger partial charge is 0.102 e. The average molecular weight is 409 g/mol. The Hall–Kier alpha value is -4.28. The largest absolute Gasteiger partial charge is 0.410 e. The van der Waals surface area contributed by atoms with E-state index in [2.05, 4.69) is 34.0 Å². The van der Waals surface area contributed by atoms with E-state index in [1.54, 1.807) is 36.5 Å². The summed E-state index contributed by atoms with van der Waals surface area (Å²) in [6.07, 6.45) is 26.5. The number of allylic oxidation sites excluding steroid dienone is 18. The SMILES string of the molecule is C\C1=C/C=C/C(=N/O)/C=C/C2=CC=CC=C(/C=C/C(=N/O)/C=C/C=C(\C)C#CC#C1)C2. The highest BCUT2D eigenvalue weighted by atomic mass is 16.4. The third-order valence-corrected chi connectivity index (χ3v) is 4.12. The quantitative estimate of drug-likeness (QED) is 0.311. The topological polar surface area (TPSA) is 65.2 Å². The van der Waals surface area contributed by atoms with Crippen molar-refractivity contribution in [2.24, 2.45) is 10.3 Å². The predicted molar refractivity (Wildman–Crippen MR) is 128 cm³/mol. The third kappa shape index (κ3) is 9.17. The molecule has 0 fully saturated rings. The molecule has 0 radical (unpaired) electrons. The molecular formula is C27H24N2O2. The summed E-state index contributed by atoms with van der Waals surface area (Å²) >= 11 is 0. The fraction of sp³-hybridized carbons (Fsp3) is 0.111. The van der Waals surface area contributed by atoms with E-state index in [4.69, 9.17) is 0 Å². The lowest BCUT2D eigenvalue weighted by molar-refractivity contribution is 0.320. The van der Waals surface area contributed by atoms with Crippen LogP contribution in [0.5, 0.6) is 0 Å². The molecule has 4 nitrogen and oxygen atoms in total. The second-order valence-electron chi connectivity index (χ2n) is 6.68. The van der Waals surface area contributed by atoms with Gasteiger partial charge >= 0.3 is 0 Å². The fourth-order valence-electron chi connectivity index (χ4n) is 2.50. The van der Waals surface area contributed by atoms with E-state index >= 15 is 0 Å². The maximum atomic E-state index is 9.27. The molecular weight excluding hydrogens is 384 g/mol. The lowest BCUT2D eigenvalue weighted by Gasteiger charge is -2.02. The number of hydrogen-bond acceptors (Lipinski definition) is 4. The summed E-state index contributed by atoms with van der Waals surface area (Å²) in [5, 5.41) is 25.2. The molecule has 0 atom stereocenters. The molecule has 4 heteroatoms. The Balaban J connectivity index is 2.41. The summed E-state index contributed by atoms with van der Waals surface area (Å²) in [5.74, 6) is 11.5. The van der Waals surface area contributed by atoms with Gasteiger partial charge in [-0.2, -0.15) is 0 Å². The summed E-state index contributed by atoms with van der Waals surface area (Å²) in [6, 6.07) is 0. The van der Waals surface area contributed by atoms with Gasteiger partial charge in [-0.1, -0.05) is 82.9 Å². The lowest BCUT2D eigenvalue weighted by atomic mass is 10.0. The Bertz CT molecular complexity index is 1050. The van der Waals surface area contributed by atoms with Gasteiger partial charge in [0.05, 0.1) is 0 Å². The number of oxime groups is 2. The predicted octanol–water partition coefficient (Wildman–Crippen LogP) is 5.60. The van der Waals surface area contributed by atoms with Gasteiger partial charge in [-0.05, 0) is 78.7 Å². The van der Waals surface area contributed by atoms with Crippen LogP contribution >= 0.6 is 0 Å². The number of rotatable bonds is 0. The molecule has 0 aromatic carbocycles. The van der Waals surface area contributed by atoms with E-state index in [0.717, 1.165) is 22.3 Å². The zero-order chi connectivity index (χ0) is 22.3. The van der Waals surface area contributed by atoms with Gasteiger partial charge in [0.1, 0.15) is 11.4 Å². The zero-order valence-electron chi connectivity index (χ0n) is 17.6. The van der Waals surface area contributed by atoms with Crippen LogP contribution in [-0.2, 0) is 0 Å². The van der Waals surface area contributed by atoms with Crippen LogP contribution in [-0.4, -0.2) is 21.8 Å². The third-order valence-electron chi connectivity index (χ3n) is 4.12. The Kier molecular flexibility index (Phi) is 9.67. The molecule has 2 aliphatic carbocycles. The van der Waals surface area contributed by atoms with Crippen molar-refractivity contribution in [3.8, 4) is 23.7 Å². The van der Waals surface area contributed by atoms with Crippen molar-refractivity contribution >= 4 is 11.4 Å². The Morgan fingerprint density at radius 1 is 0.613 bits per heavy atom. The van der Waals surface area contributed by atoms with Crippen molar-refractivity contribution in [1.29, 1.82) is 0 Å². The summed E-state index contributed by atoms with van der Waals surface area (Å²) in [5.41, 5.74) is 4.57. The molecule has 0 saturated carbocycles. The highest BCUT2D eigenvalue weighted by Gasteiger charge is 2.00. The Morgan fingerprint density at radius 2 is 1.06 bits per heavy atom. The molecule has 2 bridgehead atoms. The van der Waals surface area contributed by atoms with Crippen LogP contribution < -0.4 is 0 Å². The first-order chi connectivity index (χ1) is 15.1. The minimum atomic E-state index is 0.415. The van der Waals surface area contributed by atoms with Gasteiger partial charge in [0.2, 0.25) is 0 Å². The van der Waals surface area contributed by atoms with E-state index in [1.165, 1.54) is 0 Å². The Labute approximate surface area is 183 Å². The number of fused-ring (bicyclic) bond motifs is 2. The molecule has 0 aromatic rings. The molecule has 0 spiro atoms. The van der Waals surface area contributed by atoms with Crippen LogP contribution in [0.1, 0.15) is 20.3 Å². The van der Waals surface area contributed by atoms with Crippen LogP contribution in [0.2, 0.25) is 0 Å². The Morgan fingerprint density at radius 3 is 1.48 bits per heavy atom. The van der Waals surface area contributed by atoms with Gasteiger partial charge in [-0.3, -0.25) is 0 Å². The van der Waals surface area contributed by atoms with Crippen molar-refractivity contribution in [3.63, 3.8) is 0 Å². The van der Waals surface area contributed by atoms with Crippen molar-refractivity contribution in [3.05, 3.63) is 107 Å². The minimum absolute atomic E-state index is 0.415. The molecule has 31 heavy (non-hydrogen) atoms. The number of hydrogen-bond donors (Lipinski definition) is 2. The van der Waals surface area contributed by atoms with Crippen LogP contribution in [0.15, 0.2) is 118 Å². The maximum Gasteiger partial charge on any atom is 0.102 e. The fourth-order valence-corrected chi connectivity index (χ4v) is 2.50. The molecule has 2 rings (SSSR count). The molecule has 154 valence electrons. The first-order valence-corrected chi connectivity index (χ1v) is 9.69. The van der Waals surface area contributed by atoms with Crippen LogP contribution in [0, 0.1) is 23.7 Å². The normalized spacial score (nSPS) is 27.2. The van der Waals surface area contributed by atoms with Crippen molar-refractivity contribution in [1.82, 2.24) is 0 Å². The average Bonchev–Trinajstić information content (AvgIpc) is 3.00. The highest BCUT2D eigenvalue weighted by Crippen LogP contribution is 2.17. The van der Waals surface area contributed by atoms with Crippen LogP contribution in [0.3, 0.4) is 0 Å². The second-order valence-corrected chi connectivity index (χ2v) is 6.68. The first-order valence-electron chi connectivity index (χ1n) is 9.69. The summed E-state index contributed by atoms with van der Waals surface area (Å²) in [6.45, 7) is 3.76. The van der Waals surface area contributed by atoms with E-state index in [0.29, 0.717) is 17.8 Å². The summed E-state index contributed by atoms with van der Waals surface area (Å²) in [7, 11) is 0. The van der Waals surface area contributed by atoms with Crippen molar-refractivity contribution < 1.29 is 10.4 Å². The highest BCUT2D eigenvalue weighted by molar-refractivity contribution is 6.04. The summed E-state index contributed by atoms with van der Waals surface area (Å²) in [4.78, 5) is 0. The zero-order valence-corrected chi connectivity index (χ0v) is 17.6. The van der Waals surface area contributed by atoms with Crippen LogP contribution in [0.25, 0.3) is 0 Å². The van der Waals surface area contributed by atoms with Gasteiger partial charge in [0.25, 0.3) is 0 Å². The van der Waals surface area contributed by atoms with Gasteiger partial charge in [-0.25, -0.2) is 0 Å². The van der Waals surface area contributed by atoms with E-state index in [-0.39, 0.29) is 0 Å². The molecule has 0 saturated heterocycles. The van der Waals surface area contributed by atoms with Crippen molar-refractivity contribution in [2.75, 3.05) is 0 Å². The van der Waals surface area contributed by atoms with Gasteiger partial charge in [-0.15, -0.1) is 0 Å². The van der Waals surface area contributed by atoms with Gasteiger partial charge < -0.3 is 10.4 Å². The maximum absolute atomic E-state index is 9.27. The molecule has 0 amide bonds. The molecule has 0 heterocycles. The first kappa shape index (κ1) is 23.0. The standard InChI is InChI=1S/C27H24N2O2/c1-22-9-3-4-10-23(2)12-8-16-27(29-31)20-18-25-14-6-5-13-24(21-25)17-19-26(28-30)15-7-11-22/h5-8,11-20,30-31H,21H2,1-2H3/b15-7+,16-8+,19-17+,20-18+,22-11+,23-12+,28-26-,29-27+. The van der Waals surface area contributed by atoms with Crippen molar-refractivity contribution in [2.45, 2.75) is 20.3 Å². The molecule has 0 aliphatic heterocycles. The van der Waals surface area contributed by atoms with E-state index in [1.807, 2.05) is 62.5 Å². The molecule has 0 unspecified atom stereocenters. The molecule has 2 N–H and O–H groups in total. The second kappa shape index (κ2) is 13.0. The van der Waals surface area contributed by atoms with Crippen LogP contribution in [0.4, 0.5) is 0 Å². The van der Waals surface area contributed by atoms with E-state index < -0.39 is 0 Å². The van der Waals surface area contributed by atoms with Gasteiger partial charge in [0.15, 0.2) is 0 Å². The van der Waals surface area contributed by atoms with E-state index in [9.17, 15) is 10.4 Å². The lowest BCUT2D eigenvalue weighted by Crippen LogP contribution is -1.90. The molecule has 0 aromatic heterocycles. The minimum Gasteiger partial charge on any atom is -0.410 e. The van der Waals surface area contributed by atoms with Gasteiger partial charge in [0, 0.05) is 0 Å². The molecule has 2 aliphatic rings. The summed E-state index contributed by atoms with van der Waals surface area (Å²) < 4.78 is 0. The monoisotopic (exact) mass is 408 g/mol.